The minimum atomic E-state index is -0.0768. The first-order chi connectivity index (χ1) is 13.4. The molecule has 0 radical (unpaired) electrons. The van der Waals surface area contributed by atoms with Crippen LogP contribution in [0, 0.1) is 13.8 Å². The quantitative estimate of drug-likeness (QED) is 0.775. The van der Waals surface area contributed by atoms with E-state index in [4.69, 9.17) is 14.2 Å². The maximum atomic E-state index is 11.6. The predicted octanol–water partition coefficient (Wildman–Crippen LogP) is 2.59. The van der Waals surface area contributed by atoms with Crippen molar-refractivity contribution in [2.24, 2.45) is 0 Å². The molecule has 1 N–H and O–H groups in total. The van der Waals surface area contributed by atoms with Crippen LogP contribution in [0.5, 0.6) is 5.75 Å². The number of carbonyl (C=O) groups excluding carboxylic acids is 1. The summed E-state index contributed by atoms with van der Waals surface area (Å²) in [6.45, 7) is 8.02. The number of likely N-dealkylation sites (tertiary alicyclic amines) is 1. The summed E-state index contributed by atoms with van der Waals surface area (Å²) in [5.74, 6) is 0.883. The summed E-state index contributed by atoms with van der Waals surface area (Å²) in [5.41, 5.74) is 3.85. The Hall–Kier alpha value is -1.63. The van der Waals surface area contributed by atoms with E-state index in [0.29, 0.717) is 6.54 Å². The smallest absolute Gasteiger partial charge is 0.246 e. The van der Waals surface area contributed by atoms with Gasteiger partial charge >= 0.3 is 0 Å². The van der Waals surface area contributed by atoms with Crippen LogP contribution in [0.3, 0.4) is 0 Å². The molecule has 6 heteroatoms. The van der Waals surface area contributed by atoms with Gasteiger partial charge in [0.1, 0.15) is 12.4 Å². The summed E-state index contributed by atoms with van der Waals surface area (Å²) in [6.07, 6.45) is 4.35. The Balaban J connectivity index is 1.48. The van der Waals surface area contributed by atoms with Gasteiger partial charge in [-0.25, -0.2) is 0 Å². The Morgan fingerprint density at radius 3 is 2.64 bits per heavy atom. The van der Waals surface area contributed by atoms with Gasteiger partial charge in [0, 0.05) is 33.3 Å². The number of nitrogens with zero attached hydrogens (tertiary/aromatic N) is 1. The van der Waals surface area contributed by atoms with Gasteiger partial charge in [0.05, 0.1) is 18.8 Å². The number of benzene rings is 1. The Kier molecular flexibility index (Phi) is 6.96. The number of methoxy groups -OCH3 is 2. The van der Waals surface area contributed by atoms with E-state index in [1.807, 2.05) is 0 Å². The normalized spacial score (nSPS) is 21.8. The molecule has 2 aliphatic rings. The molecule has 6 nitrogen and oxygen atoms in total. The highest BCUT2D eigenvalue weighted by Crippen LogP contribution is 2.39. The third kappa shape index (κ3) is 5.04. The van der Waals surface area contributed by atoms with Crippen molar-refractivity contribution in [2.75, 3.05) is 40.5 Å². The topological polar surface area (TPSA) is 60.0 Å². The van der Waals surface area contributed by atoms with E-state index in [9.17, 15) is 4.79 Å². The van der Waals surface area contributed by atoms with Crippen molar-refractivity contribution in [1.82, 2.24) is 10.2 Å². The first kappa shape index (κ1) is 21.1. The number of rotatable bonds is 7. The van der Waals surface area contributed by atoms with Crippen LogP contribution >= 0.6 is 0 Å². The predicted molar refractivity (Wildman–Crippen MR) is 109 cm³/mol. The molecule has 0 aliphatic carbocycles. The summed E-state index contributed by atoms with van der Waals surface area (Å²) in [4.78, 5) is 14.1. The van der Waals surface area contributed by atoms with Gasteiger partial charge in [0.15, 0.2) is 0 Å². The average molecular weight is 391 g/mol. The van der Waals surface area contributed by atoms with E-state index in [2.05, 4.69) is 36.2 Å². The molecule has 1 atom stereocenters. The molecule has 1 aromatic carbocycles. The van der Waals surface area contributed by atoms with Gasteiger partial charge in [-0.1, -0.05) is 6.07 Å². The molecule has 28 heavy (non-hydrogen) atoms. The monoisotopic (exact) mass is 390 g/mol. The zero-order valence-electron chi connectivity index (χ0n) is 17.7. The molecule has 1 aromatic rings. The van der Waals surface area contributed by atoms with Gasteiger partial charge in [0.2, 0.25) is 5.91 Å². The number of ether oxygens (including phenoxy) is 3. The van der Waals surface area contributed by atoms with Crippen molar-refractivity contribution in [2.45, 2.75) is 57.8 Å². The molecule has 0 aromatic heterocycles. The van der Waals surface area contributed by atoms with Gasteiger partial charge in [-0.05, 0) is 62.3 Å². The third-order valence-corrected chi connectivity index (χ3v) is 6.16. The van der Waals surface area contributed by atoms with Gasteiger partial charge < -0.3 is 19.5 Å². The fraction of sp³-hybridized carbons (Fsp3) is 0.682. The summed E-state index contributed by atoms with van der Waals surface area (Å²) in [6, 6.07) is 4.39. The van der Waals surface area contributed by atoms with Crippen LogP contribution < -0.4 is 10.1 Å². The van der Waals surface area contributed by atoms with Crippen LogP contribution in [-0.2, 0) is 20.8 Å². The second-order valence-electron chi connectivity index (χ2n) is 8.22. The van der Waals surface area contributed by atoms with Crippen molar-refractivity contribution in [3.8, 4) is 5.75 Å². The molecule has 1 amide bonds. The van der Waals surface area contributed by atoms with E-state index in [0.717, 1.165) is 51.1 Å². The molecule has 3 rings (SSSR count). The number of amides is 1. The second-order valence-corrected chi connectivity index (χ2v) is 8.22. The summed E-state index contributed by atoms with van der Waals surface area (Å²) in [7, 11) is 3.26. The lowest BCUT2D eigenvalue weighted by Crippen LogP contribution is -2.45. The number of nitrogens with one attached hydrogen (secondary N) is 1. The summed E-state index contributed by atoms with van der Waals surface area (Å²) in [5, 5.41) is 2.90. The van der Waals surface area contributed by atoms with E-state index in [1.165, 1.54) is 23.8 Å². The Bertz CT molecular complexity index is 683. The Morgan fingerprint density at radius 1 is 1.21 bits per heavy atom. The highest BCUT2D eigenvalue weighted by molar-refractivity contribution is 5.77. The number of hydrogen-bond donors (Lipinski definition) is 1. The minimum absolute atomic E-state index is 0.00196. The number of piperidine rings is 1. The van der Waals surface area contributed by atoms with Crippen LogP contribution in [0.25, 0.3) is 0 Å². The lowest BCUT2D eigenvalue weighted by atomic mass is 9.88. The van der Waals surface area contributed by atoms with Crippen LogP contribution in [-0.4, -0.2) is 63.0 Å². The number of carbonyl (C=O) groups is 1. The molecule has 1 unspecified atom stereocenters. The molecule has 0 bridgehead atoms. The summed E-state index contributed by atoms with van der Waals surface area (Å²) >= 11 is 0. The fourth-order valence-electron chi connectivity index (χ4n) is 4.42. The standard InChI is InChI=1S/C22H34N2O4/c1-16-12-20(27-4)17(2)11-18(16)14-24-9-7-22(8-10-24)6-5-19(28-22)13-23-21(25)15-26-3/h11-12,19H,5-10,13-15H2,1-4H3,(H,23,25). The minimum Gasteiger partial charge on any atom is -0.496 e. The molecule has 2 aliphatic heterocycles. The van der Waals surface area contributed by atoms with Crippen molar-refractivity contribution < 1.29 is 19.0 Å². The highest BCUT2D eigenvalue weighted by atomic mass is 16.5. The SMILES string of the molecule is COCC(=O)NCC1CCC2(CCN(Cc3cc(C)c(OC)cc3C)CC2)O1. The zero-order valence-corrected chi connectivity index (χ0v) is 17.7. The molecule has 1 spiro atoms. The van der Waals surface area contributed by atoms with Crippen LogP contribution in [0.2, 0.25) is 0 Å². The van der Waals surface area contributed by atoms with Crippen LogP contribution in [0.15, 0.2) is 12.1 Å². The van der Waals surface area contributed by atoms with Gasteiger partial charge in [0.25, 0.3) is 0 Å². The Labute approximate surface area is 168 Å². The first-order valence-electron chi connectivity index (χ1n) is 10.2. The lowest BCUT2D eigenvalue weighted by molar-refractivity contribution is -0.126. The lowest BCUT2D eigenvalue weighted by Gasteiger charge is -2.39. The summed E-state index contributed by atoms with van der Waals surface area (Å²) < 4.78 is 16.7. The molecule has 2 fully saturated rings. The molecule has 2 heterocycles. The molecule has 2 saturated heterocycles. The van der Waals surface area contributed by atoms with E-state index in [1.54, 1.807) is 7.11 Å². The highest BCUT2D eigenvalue weighted by Gasteiger charge is 2.42. The van der Waals surface area contributed by atoms with Crippen LogP contribution in [0.4, 0.5) is 0 Å². The molecular weight excluding hydrogens is 356 g/mol. The molecular formula is C22H34N2O4. The number of hydrogen-bond acceptors (Lipinski definition) is 5. The molecule has 156 valence electrons. The van der Waals surface area contributed by atoms with Gasteiger partial charge in [-0.3, -0.25) is 9.69 Å². The Morgan fingerprint density at radius 2 is 1.96 bits per heavy atom. The van der Waals surface area contributed by atoms with Gasteiger partial charge in [-0.15, -0.1) is 0 Å². The van der Waals surface area contributed by atoms with Crippen molar-refractivity contribution in [3.05, 3.63) is 28.8 Å². The van der Waals surface area contributed by atoms with Crippen LogP contribution in [0.1, 0.15) is 42.4 Å². The van der Waals surface area contributed by atoms with Crippen molar-refractivity contribution >= 4 is 5.91 Å². The maximum Gasteiger partial charge on any atom is 0.246 e. The van der Waals surface area contributed by atoms with E-state index in [-0.39, 0.29) is 24.2 Å². The average Bonchev–Trinajstić information content (AvgIpc) is 3.08. The second kappa shape index (κ2) is 9.25. The number of aryl methyl sites for hydroxylation is 2. The molecule has 0 saturated carbocycles. The largest absolute Gasteiger partial charge is 0.496 e. The maximum absolute atomic E-state index is 11.6. The van der Waals surface area contributed by atoms with E-state index >= 15 is 0 Å². The zero-order chi connectivity index (χ0) is 20.1. The van der Waals surface area contributed by atoms with E-state index < -0.39 is 0 Å². The van der Waals surface area contributed by atoms with Gasteiger partial charge in [-0.2, -0.15) is 0 Å². The third-order valence-electron chi connectivity index (χ3n) is 6.16. The fourth-order valence-corrected chi connectivity index (χ4v) is 4.42. The van der Waals surface area contributed by atoms with Crippen molar-refractivity contribution in [1.29, 1.82) is 0 Å². The first-order valence-corrected chi connectivity index (χ1v) is 10.2. The van der Waals surface area contributed by atoms with Crippen molar-refractivity contribution in [3.63, 3.8) is 0 Å².